The largest absolute Gasteiger partial charge is 0.387 e. The van der Waals surface area contributed by atoms with Crippen LogP contribution in [0.25, 0.3) is 0 Å². The number of hydrogen-bond acceptors (Lipinski definition) is 9. The van der Waals surface area contributed by atoms with Crippen molar-refractivity contribution in [1.82, 2.24) is 10.2 Å². The van der Waals surface area contributed by atoms with Gasteiger partial charge in [0.05, 0.1) is 11.5 Å². The van der Waals surface area contributed by atoms with Gasteiger partial charge in [0.2, 0.25) is 5.91 Å². The van der Waals surface area contributed by atoms with Gasteiger partial charge >= 0.3 is 6.03 Å². The van der Waals surface area contributed by atoms with Crippen LogP contribution in [-0.4, -0.2) is 83.5 Å². The van der Waals surface area contributed by atoms with Gasteiger partial charge in [0, 0.05) is 34.3 Å². The molecule has 0 saturated carbocycles. The highest BCUT2D eigenvalue weighted by molar-refractivity contribution is 8.00. The Morgan fingerprint density at radius 1 is 0.872 bits per heavy atom. The maximum absolute atomic E-state index is 13.9. The lowest BCUT2D eigenvalue weighted by Gasteiger charge is -2.49. The normalized spacial score (nSPS) is 28.8. The monoisotopic (exact) mass is 664 g/mol. The molecule has 3 aromatic rings. The van der Waals surface area contributed by atoms with E-state index in [-0.39, 0.29) is 13.0 Å². The van der Waals surface area contributed by atoms with Crippen LogP contribution in [0.3, 0.4) is 0 Å². The van der Waals surface area contributed by atoms with Gasteiger partial charge in [0.25, 0.3) is 0 Å². The molecular weight excluding hydrogens is 620 g/mol. The van der Waals surface area contributed by atoms with Gasteiger partial charge < -0.3 is 29.2 Å². The molecule has 2 heterocycles. The first-order valence-corrected chi connectivity index (χ1v) is 16.7. The third-order valence-electron chi connectivity index (χ3n) is 9.27. The average Bonchev–Trinajstić information content (AvgIpc) is 3.38. The van der Waals surface area contributed by atoms with Gasteiger partial charge in [-0.3, -0.25) is 15.0 Å². The number of rotatable bonds is 13. The molecule has 0 bridgehead atoms. The number of aliphatic hydroxyl groups excluding tert-OH is 1. The van der Waals surface area contributed by atoms with E-state index in [1.54, 1.807) is 6.92 Å². The Morgan fingerprint density at radius 3 is 1.87 bits per heavy atom. The lowest BCUT2D eigenvalue weighted by atomic mass is 9.77. The summed E-state index contributed by atoms with van der Waals surface area (Å²) in [4.78, 5) is 29.0. The van der Waals surface area contributed by atoms with Crippen molar-refractivity contribution >= 4 is 23.7 Å². The summed E-state index contributed by atoms with van der Waals surface area (Å²) in [5.41, 5.74) is -1.01. The van der Waals surface area contributed by atoms with Gasteiger partial charge in [-0.2, -0.15) is 0 Å². The van der Waals surface area contributed by atoms with Crippen molar-refractivity contribution in [3.05, 3.63) is 108 Å². The molecule has 2 fully saturated rings. The topological polar surface area (TPSA) is 127 Å². The van der Waals surface area contributed by atoms with Gasteiger partial charge in [-0.1, -0.05) is 97.9 Å². The number of urea groups is 1. The summed E-state index contributed by atoms with van der Waals surface area (Å²) in [5, 5.41) is 26.0. The number of aliphatic hydroxyl groups is 2. The summed E-state index contributed by atoms with van der Waals surface area (Å²) < 4.78 is 24.6. The Kier molecular flexibility index (Phi) is 10.8. The lowest BCUT2D eigenvalue weighted by Crippen LogP contribution is -2.67. The van der Waals surface area contributed by atoms with E-state index >= 15 is 0 Å². The second-order valence-corrected chi connectivity index (χ2v) is 13.7. The predicted molar refractivity (Wildman–Crippen MR) is 178 cm³/mol. The Labute approximate surface area is 280 Å². The number of methoxy groups -OCH3 is 3. The Balaban J connectivity index is 1.62. The van der Waals surface area contributed by atoms with Crippen LogP contribution in [0.15, 0.2) is 91.0 Å². The molecule has 5 unspecified atom stereocenters. The summed E-state index contributed by atoms with van der Waals surface area (Å²) in [7, 11) is 4.50. The van der Waals surface area contributed by atoms with Crippen LogP contribution in [-0.2, 0) is 23.7 Å². The molecule has 8 atom stereocenters. The molecule has 10 nitrogen and oxygen atoms in total. The molecular formula is C36H44N2O8S. The highest BCUT2D eigenvalue weighted by Crippen LogP contribution is 2.56. The van der Waals surface area contributed by atoms with Gasteiger partial charge in [0.15, 0.2) is 5.06 Å². The van der Waals surface area contributed by atoms with Gasteiger partial charge in [-0.05, 0) is 29.4 Å². The van der Waals surface area contributed by atoms with E-state index in [1.165, 1.54) is 38.0 Å². The first-order chi connectivity index (χ1) is 22.6. The number of benzene rings is 3. The van der Waals surface area contributed by atoms with Crippen LogP contribution in [0, 0.1) is 5.41 Å². The molecule has 0 spiro atoms. The van der Waals surface area contributed by atoms with E-state index in [0.717, 1.165) is 5.56 Å². The van der Waals surface area contributed by atoms with Crippen molar-refractivity contribution in [3.63, 3.8) is 0 Å². The fourth-order valence-electron chi connectivity index (χ4n) is 7.13. The number of thioether (sulfide) groups is 1. The van der Waals surface area contributed by atoms with Crippen molar-refractivity contribution in [2.75, 3.05) is 33.6 Å². The van der Waals surface area contributed by atoms with Gasteiger partial charge in [-0.25, -0.2) is 4.79 Å². The summed E-state index contributed by atoms with van der Waals surface area (Å²) in [5.74, 6) is -0.00622. The molecule has 0 aromatic heterocycles. The number of carbonyl (C=O) groups excluding carboxylic acids is 2. The molecule has 3 aromatic carbocycles. The second kappa shape index (κ2) is 14.4. The van der Waals surface area contributed by atoms with Crippen molar-refractivity contribution in [3.8, 4) is 0 Å². The summed E-state index contributed by atoms with van der Waals surface area (Å²) in [6.45, 7) is 3.57. The van der Waals surface area contributed by atoms with E-state index in [4.69, 9.17) is 18.9 Å². The minimum Gasteiger partial charge on any atom is -0.387 e. The minimum absolute atomic E-state index is 0.0909. The maximum Gasteiger partial charge on any atom is 0.327 e. The summed E-state index contributed by atoms with van der Waals surface area (Å²) in [6.07, 6.45) is -5.42. The van der Waals surface area contributed by atoms with Crippen LogP contribution in [0.5, 0.6) is 0 Å². The Hall–Kier alpha value is -3.29. The number of imide groups is 1. The zero-order valence-electron chi connectivity index (χ0n) is 27.4. The van der Waals surface area contributed by atoms with E-state index in [0.29, 0.717) is 16.9 Å². The van der Waals surface area contributed by atoms with E-state index in [9.17, 15) is 19.8 Å². The van der Waals surface area contributed by atoms with Crippen LogP contribution in [0.1, 0.15) is 55.3 Å². The van der Waals surface area contributed by atoms with Gasteiger partial charge in [-0.15, -0.1) is 11.8 Å². The quantitative estimate of drug-likeness (QED) is 0.232. The zero-order valence-corrected chi connectivity index (χ0v) is 28.2. The Morgan fingerprint density at radius 2 is 1.38 bits per heavy atom. The molecule has 47 heavy (non-hydrogen) atoms. The maximum atomic E-state index is 13.9. The van der Waals surface area contributed by atoms with Crippen molar-refractivity contribution < 1.29 is 38.7 Å². The predicted octanol–water partition coefficient (Wildman–Crippen LogP) is 5.00. The first-order valence-electron chi connectivity index (χ1n) is 15.7. The molecule has 2 aliphatic rings. The van der Waals surface area contributed by atoms with Crippen LogP contribution in [0.4, 0.5) is 4.79 Å². The average molecular weight is 665 g/mol. The number of ether oxygens (including phenoxy) is 4. The highest BCUT2D eigenvalue weighted by atomic mass is 32.2. The fourth-order valence-corrected chi connectivity index (χ4v) is 8.39. The van der Waals surface area contributed by atoms with Gasteiger partial charge in [0.1, 0.15) is 30.0 Å². The fraction of sp³-hybridized carbons (Fsp3) is 0.444. The highest BCUT2D eigenvalue weighted by Gasteiger charge is 2.67. The first kappa shape index (κ1) is 35.0. The number of hydrogen-bond donors (Lipinski definition) is 3. The number of amides is 3. The van der Waals surface area contributed by atoms with Crippen LogP contribution < -0.4 is 5.32 Å². The number of nitrogens with zero attached hydrogens (tertiary/aromatic N) is 1. The second-order valence-electron chi connectivity index (χ2n) is 12.2. The third kappa shape index (κ3) is 6.46. The summed E-state index contributed by atoms with van der Waals surface area (Å²) in [6, 6.07) is 27.1. The number of carbonyl (C=O) groups is 2. The van der Waals surface area contributed by atoms with Crippen molar-refractivity contribution in [1.29, 1.82) is 0 Å². The molecule has 3 amide bonds. The molecule has 11 heteroatoms. The van der Waals surface area contributed by atoms with E-state index in [2.05, 4.69) is 5.32 Å². The Bertz CT molecular complexity index is 1500. The SMILES string of the molecule is CCS[C@]1(N2CC(C)(C(OC)c3ccccc3)C(=O)NC2=O)C[C@@](O)(C(OC)c2ccccc2)[C@@H](C(O)C(OC)c2ccccc2)O1. The zero-order chi connectivity index (χ0) is 33.8. The lowest BCUT2D eigenvalue weighted by molar-refractivity contribution is -0.195. The molecule has 5 rings (SSSR count). The minimum atomic E-state index is -1.87. The molecule has 0 radical (unpaired) electrons. The molecule has 0 aliphatic carbocycles. The standard InChI is InChI=1S/C36H44N2O8S/c1-6-47-36(38-23-34(2,32(40)37-33(38)41)29(44-4)25-18-12-8-13-19-25)22-35(42,30(45-5)26-20-14-9-15-21-26)31(46-36)27(39)28(43-3)24-16-10-7-11-17-24/h7-21,27-31,39,42H,6,22-23H2,1-5H3,(H,37,40,41)/t27?,28?,29?,30?,31-,34?,35-,36+/m1/s1. The number of nitrogens with one attached hydrogen (secondary N) is 1. The smallest absolute Gasteiger partial charge is 0.327 e. The molecule has 2 saturated heterocycles. The van der Waals surface area contributed by atoms with Crippen LogP contribution in [0.2, 0.25) is 0 Å². The van der Waals surface area contributed by atoms with E-state index < -0.39 is 58.5 Å². The molecule has 2 aliphatic heterocycles. The summed E-state index contributed by atoms with van der Waals surface area (Å²) >= 11 is 1.30. The van der Waals surface area contributed by atoms with E-state index in [1.807, 2.05) is 97.9 Å². The molecule has 3 N–H and O–H groups in total. The van der Waals surface area contributed by atoms with Crippen molar-refractivity contribution in [2.45, 2.75) is 61.4 Å². The molecule has 252 valence electrons. The van der Waals surface area contributed by atoms with Crippen molar-refractivity contribution in [2.24, 2.45) is 5.41 Å². The third-order valence-corrected chi connectivity index (χ3v) is 10.5. The van der Waals surface area contributed by atoms with Crippen LogP contribution >= 0.6 is 11.8 Å².